The van der Waals surface area contributed by atoms with E-state index in [1.807, 2.05) is 0 Å². The van der Waals surface area contributed by atoms with Gasteiger partial charge in [-0.05, 0) is 31.8 Å². The maximum atomic E-state index is 5.65. The van der Waals surface area contributed by atoms with Crippen LogP contribution >= 0.6 is 0 Å². The predicted octanol–water partition coefficient (Wildman–Crippen LogP) is 2.01. The van der Waals surface area contributed by atoms with Crippen LogP contribution in [0.15, 0.2) is 10.7 Å². The molecule has 18 heavy (non-hydrogen) atoms. The Hall–Kier alpha value is -0.870. The molecule has 1 aromatic rings. The molecule has 1 aliphatic rings. The summed E-state index contributed by atoms with van der Waals surface area (Å²) in [5.41, 5.74) is 6.64. The summed E-state index contributed by atoms with van der Waals surface area (Å²) < 4.78 is 5.57. The molecule has 2 rings (SSSR count). The second-order valence-electron chi connectivity index (χ2n) is 5.41. The highest BCUT2D eigenvalue weighted by Crippen LogP contribution is 2.21. The number of hydrogen-bond acceptors (Lipinski definition) is 4. The van der Waals surface area contributed by atoms with Crippen LogP contribution in [0.2, 0.25) is 0 Å². The zero-order valence-electron chi connectivity index (χ0n) is 11.6. The molecule has 0 bridgehead atoms. The summed E-state index contributed by atoms with van der Waals surface area (Å²) >= 11 is 0. The molecule has 1 saturated heterocycles. The van der Waals surface area contributed by atoms with Gasteiger partial charge in [0.05, 0.1) is 5.69 Å². The molecule has 1 fully saturated rings. The number of aromatic nitrogens is 1. The van der Waals surface area contributed by atoms with Crippen molar-refractivity contribution in [1.82, 2.24) is 9.88 Å². The Kier molecular flexibility index (Phi) is 4.78. The Labute approximate surface area is 110 Å². The number of likely N-dealkylation sites (tertiary alicyclic amines) is 1. The molecule has 0 saturated carbocycles. The normalized spacial score (nSPS) is 23.2. The molecule has 0 amide bonds. The molecule has 0 aliphatic carbocycles. The molecule has 2 atom stereocenters. The molecular formula is C14H25N3O. The van der Waals surface area contributed by atoms with Crippen LogP contribution in [0.4, 0.5) is 0 Å². The highest BCUT2D eigenvalue weighted by atomic mass is 16.3. The SMILES string of the molecule is CCN1CCCC(Cc2nc(C(C)CN)co2)C1. The van der Waals surface area contributed by atoms with Gasteiger partial charge in [0.2, 0.25) is 0 Å². The predicted molar refractivity (Wildman–Crippen MR) is 72.5 cm³/mol. The minimum Gasteiger partial charge on any atom is -0.449 e. The van der Waals surface area contributed by atoms with Crippen LogP contribution in [-0.4, -0.2) is 36.1 Å². The molecule has 1 aromatic heterocycles. The fraction of sp³-hybridized carbons (Fsp3) is 0.786. The van der Waals surface area contributed by atoms with Gasteiger partial charge in [0, 0.05) is 25.4 Å². The van der Waals surface area contributed by atoms with Crippen molar-refractivity contribution in [3.05, 3.63) is 17.8 Å². The largest absolute Gasteiger partial charge is 0.449 e. The fourth-order valence-corrected chi connectivity index (χ4v) is 2.62. The van der Waals surface area contributed by atoms with Crippen molar-refractivity contribution in [2.24, 2.45) is 11.7 Å². The zero-order valence-corrected chi connectivity index (χ0v) is 11.6. The van der Waals surface area contributed by atoms with E-state index in [-0.39, 0.29) is 0 Å². The minimum atomic E-state index is 0.293. The molecule has 2 heterocycles. The number of piperidine rings is 1. The topological polar surface area (TPSA) is 55.3 Å². The summed E-state index contributed by atoms with van der Waals surface area (Å²) in [6, 6.07) is 0. The third-order valence-corrected chi connectivity index (χ3v) is 3.94. The van der Waals surface area contributed by atoms with Crippen LogP contribution in [0.1, 0.15) is 44.2 Å². The van der Waals surface area contributed by atoms with Gasteiger partial charge in [-0.3, -0.25) is 0 Å². The van der Waals surface area contributed by atoms with Crippen LogP contribution < -0.4 is 5.73 Å². The van der Waals surface area contributed by atoms with Crippen LogP contribution in [0.5, 0.6) is 0 Å². The van der Waals surface area contributed by atoms with E-state index < -0.39 is 0 Å². The zero-order chi connectivity index (χ0) is 13.0. The van der Waals surface area contributed by atoms with Crippen LogP contribution in [0.3, 0.4) is 0 Å². The molecule has 2 N–H and O–H groups in total. The van der Waals surface area contributed by atoms with Gasteiger partial charge in [0.15, 0.2) is 5.89 Å². The minimum absolute atomic E-state index is 0.293. The number of rotatable bonds is 5. The van der Waals surface area contributed by atoms with Gasteiger partial charge in [-0.1, -0.05) is 13.8 Å². The maximum Gasteiger partial charge on any atom is 0.194 e. The molecular weight excluding hydrogens is 226 g/mol. The third kappa shape index (κ3) is 3.33. The fourth-order valence-electron chi connectivity index (χ4n) is 2.62. The lowest BCUT2D eigenvalue weighted by Gasteiger charge is -2.31. The molecule has 0 aromatic carbocycles. The smallest absolute Gasteiger partial charge is 0.194 e. The lowest BCUT2D eigenvalue weighted by atomic mass is 9.95. The van der Waals surface area contributed by atoms with Crippen LogP contribution in [-0.2, 0) is 6.42 Å². The summed E-state index contributed by atoms with van der Waals surface area (Å²) in [5.74, 6) is 1.87. The number of nitrogens with two attached hydrogens (primary N) is 1. The Bertz CT molecular complexity index is 364. The molecule has 1 aliphatic heterocycles. The lowest BCUT2D eigenvalue weighted by molar-refractivity contribution is 0.176. The van der Waals surface area contributed by atoms with Crippen molar-refractivity contribution in [3.63, 3.8) is 0 Å². The Morgan fingerprint density at radius 2 is 2.44 bits per heavy atom. The highest BCUT2D eigenvalue weighted by Gasteiger charge is 2.21. The summed E-state index contributed by atoms with van der Waals surface area (Å²) in [5, 5.41) is 0. The Balaban J connectivity index is 1.90. The molecule has 0 spiro atoms. The van der Waals surface area contributed by atoms with E-state index in [2.05, 4.69) is 23.7 Å². The average molecular weight is 251 g/mol. The lowest BCUT2D eigenvalue weighted by Crippen LogP contribution is -2.35. The van der Waals surface area contributed by atoms with Crippen molar-refractivity contribution in [3.8, 4) is 0 Å². The van der Waals surface area contributed by atoms with Crippen molar-refractivity contribution in [2.45, 2.75) is 39.0 Å². The average Bonchev–Trinajstić information content (AvgIpc) is 2.86. The molecule has 0 radical (unpaired) electrons. The van der Waals surface area contributed by atoms with Crippen LogP contribution in [0, 0.1) is 5.92 Å². The third-order valence-electron chi connectivity index (χ3n) is 3.94. The van der Waals surface area contributed by atoms with Gasteiger partial charge in [-0.15, -0.1) is 0 Å². The van der Waals surface area contributed by atoms with E-state index in [0.29, 0.717) is 18.4 Å². The molecule has 2 unspecified atom stereocenters. The van der Waals surface area contributed by atoms with Gasteiger partial charge in [-0.2, -0.15) is 0 Å². The van der Waals surface area contributed by atoms with Crippen LogP contribution in [0.25, 0.3) is 0 Å². The summed E-state index contributed by atoms with van der Waals surface area (Å²) in [6.07, 6.45) is 5.33. The van der Waals surface area contributed by atoms with E-state index in [9.17, 15) is 0 Å². The Morgan fingerprint density at radius 1 is 1.61 bits per heavy atom. The van der Waals surface area contributed by atoms with Gasteiger partial charge >= 0.3 is 0 Å². The van der Waals surface area contributed by atoms with Gasteiger partial charge in [0.25, 0.3) is 0 Å². The standard InChI is InChI=1S/C14H25N3O/c1-3-17-6-4-5-12(9-17)7-14-16-13(10-18-14)11(2)8-15/h10-12H,3-9,15H2,1-2H3. The molecule has 102 valence electrons. The van der Waals surface area contributed by atoms with Gasteiger partial charge in [-0.25, -0.2) is 4.98 Å². The number of nitrogens with zero attached hydrogens (tertiary/aromatic N) is 2. The number of oxazole rings is 1. The second-order valence-corrected chi connectivity index (χ2v) is 5.41. The summed E-state index contributed by atoms with van der Waals surface area (Å²) in [4.78, 5) is 7.08. The van der Waals surface area contributed by atoms with Crippen molar-refractivity contribution in [2.75, 3.05) is 26.2 Å². The first-order chi connectivity index (χ1) is 8.72. The second kappa shape index (κ2) is 6.34. The summed E-state index contributed by atoms with van der Waals surface area (Å²) in [6.45, 7) is 8.51. The van der Waals surface area contributed by atoms with E-state index in [4.69, 9.17) is 10.2 Å². The van der Waals surface area contributed by atoms with Crippen molar-refractivity contribution < 1.29 is 4.42 Å². The quantitative estimate of drug-likeness (QED) is 0.869. The van der Waals surface area contributed by atoms with Crippen molar-refractivity contribution >= 4 is 0 Å². The highest BCUT2D eigenvalue weighted by molar-refractivity contribution is 5.04. The first-order valence-corrected chi connectivity index (χ1v) is 7.09. The van der Waals surface area contributed by atoms with Gasteiger partial charge < -0.3 is 15.1 Å². The van der Waals surface area contributed by atoms with Gasteiger partial charge in [0.1, 0.15) is 6.26 Å². The first kappa shape index (κ1) is 13.6. The van der Waals surface area contributed by atoms with E-state index in [1.54, 1.807) is 6.26 Å². The van der Waals surface area contributed by atoms with E-state index >= 15 is 0 Å². The molecule has 4 nitrogen and oxygen atoms in total. The maximum absolute atomic E-state index is 5.65. The summed E-state index contributed by atoms with van der Waals surface area (Å²) in [7, 11) is 0. The monoisotopic (exact) mass is 251 g/mol. The first-order valence-electron chi connectivity index (χ1n) is 7.09. The van der Waals surface area contributed by atoms with E-state index in [1.165, 1.54) is 25.9 Å². The van der Waals surface area contributed by atoms with E-state index in [0.717, 1.165) is 24.6 Å². The Morgan fingerprint density at radius 3 is 3.17 bits per heavy atom. The number of hydrogen-bond donors (Lipinski definition) is 1. The van der Waals surface area contributed by atoms with Crippen molar-refractivity contribution in [1.29, 1.82) is 0 Å². The molecule has 4 heteroatoms.